The highest BCUT2D eigenvalue weighted by Crippen LogP contribution is 2.28. The zero-order chi connectivity index (χ0) is 20.5. The smallest absolute Gasteiger partial charge is 0.261 e. The highest BCUT2D eigenvalue weighted by atomic mass is 32.1. The van der Waals surface area contributed by atoms with E-state index in [0.717, 1.165) is 16.2 Å². The first-order valence-corrected chi connectivity index (χ1v) is 10.3. The van der Waals surface area contributed by atoms with E-state index in [0.29, 0.717) is 16.6 Å². The van der Waals surface area contributed by atoms with Crippen molar-refractivity contribution in [2.75, 3.05) is 5.32 Å². The van der Waals surface area contributed by atoms with Gasteiger partial charge in [0.25, 0.3) is 5.56 Å². The number of rotatable bonds is 5. The first-order chi connectivity index (χ1) is 14.7. The van der Waals surface area contributed by atoms with Crippen LogP contribution in [0.3, 0.4) is 0 Å². The summed E-state index contributed by atoms with van der Waals surface area (Å²) in [7, 11) is 0. The molecular formula is C22H17N5O2S. The Labute approximate surface area is 175 Å². The Morgan fingerprint density at radius 2 is 1.93 bits per heavy atom. The molecule has 3 heterocycles. The SMILES string of the molecule is O=C(CCn1cnc2ccccc2c1=O)Nc1ccccc1-c1cn2ccsc2n1. The largest absolute Gasteiger partial charge is 0.325 e. The lowest BCUT2D eigenvalue weighted by atomic mass is 10.1. The molecule has 0 fully saturated rings. The second-order valence-corrected chi connectivity index (χ2v) is 7.70. The summed E-state index contributed by atoms with van der Waals surface area (Å²) in [6.45, 7) is 0.255. The van der Waals surface area contributed by atoms with Crippen molar-refractivity contribution >= 4 is 38.8 Å². The molecule has 0 atom stereocenters. The average molecular weight is 415 g/mol. The number of anilines is 1. The molecule has 8 heteroatoms. The minimum absolute atomic E-state index is 0.146. The highest BCUT2D eigenvalue weighted by Gasteiger charge is 2.12. The van der Waals surface area contributed by atoms with Gasteiger partial charge < -0.3 is 5.32 Å². The number of aromatic nitrogens is 4. The maximum absolute atomic E-state index is 12.6. The first-order valence-electron chi connectivity index (χ1n) is 9.45. The van der Waals surface area contributed by atoms with Gasteiger partial charge in [0.05, 0.1) is 28.6 Å². The number of hydrogen-bond acceptors (Lipinski definition) is 5. The van der Waals surface area contributed by atoms with Crippen molar-refractivity contribution in [3.05, 3.63) is 83.0 Å². The lowest BCUT2D eigenvalue weighted by Crippen LogP contribution is -2.23. The summed E-state index contributed by atoms with van der Waals surface area (Å²) in [6, 6.07) is 14.8. The number of thiazole rings is 1. The van der Waals surface area contributed by atoms with Gasteiger partial charge in [-0.15, -0.1) is 11.3 Å². The quantitative estimate of drug-likeness (QED) is 0.473. The maximum Gasteiger partial charge on any atom is 0.261 e. The summed E-state index contributed by atoms with van der Waals surface area (Å²) in [5.74, 6) is -0.177. The van der Waals surface area contributed by atoms with Crippen LogP contribution in [-0.4, -0.2) is 24.8 Å². The second-order valence-electron chi connectivity index (χ2n) is 6.82. The number of imidazole rings is 1. The predicted molar refractivity (Wildman–Crippen MR) is 118 cm³/mol. The minimum atomic E-state index is -0.177. The molecular weight excluding hydrogens is 398 g/mol. The van der Waals surface area contributed by atoms with E-state index in [9.17, 15) is 9.59 Å². The molecule has 148 valence electrons. The molecule has 0 aliphatic rings. The Kier molecular flexibility index (Phi) is 4.61. The van der Waals surface area contributed by atoms with Crippen LogP contribution in [-0.2, 0) is 11.3 Å². The third-order valence-corrected chi connectivity index (χ3v) is 5.65. The number of fused-ring (bicyclic) bond motifs is 2. The van der Waals surface area contributed by atoms with Crippen molar-refractivity contribution < 1.29 is 4.79 Å². The molecule has 0 spiro atoms. The number of para-hydroxylation sites is 2. The third-order valence-electron chi connectivity index (χ3n) is 4.88. The lowest BCUT2D eigenvalue weighted by molar-refractivity contribution is -0.116. The molecule has 0 aliphatic carbocycles. The second kappa shape index (κ2) is 7.57. The van der Waals surface area contributed by atoms with Crippen LogP contribution in [0.5, 0.6) is 0 Å². The van der Waals surface area contributed by atoms with Gasteiger partial charge >= 0.3 is 0 Å². The van der Waals surface area contributed by atoms with Crippen LogP contribution in [0, 0.1) is 0 Å². The molecule has 2 aromatic carbocycles. The van der Waals surface area contributed by atoms with Gasteiger partial charge in [0.1, 0.15) is 0 Å². The van der Waals surface area contributed by atoms with E-state index in [2.05, 4.69) is 15.3 Å². The van der Waals surface area contributed by atoms with Gasteiger partial charge in [-0.25, -0.2) is 9.97 Å². The Bertz CT molecular complexity index is 1400. The van der Waals surface area contributed by atoms with Gasteiger partial charge in [-0.2, -0.15) is 0 Å². The molecule has 30 heavy (non-hydrogen) atoms. The fraction of sp³-hybridized carbons (Fsp3) is 0.0909. The monoisotopic (exact) mass is 415 g/mol. The number of hydrogen-bond donors (Lipinski definition) is 1. The number of amides is 1. The van der Waals surface area contributed by atoms with Crippen molar-refractivity contribution in [1.82, 2.24) is 18.9 Å². The Morgan fingerprint density at radius 3 is 2.83 bits per heavy atom. The summed E-state index contributed by atoms with van der Waals surface area (Å²) >= 11 is 1.56. The molecule has 3 aromatic heterocycles. The van der Waals surface area contributed by atoms with Crippen LogP contribution < -0.4 is 10.9 Å². The lowest BCUT2D eigenvalue weighted by Gasteiger charge is -2.10. The Hall–Kier alpha value is -3.78. The van der Waals surface area contributed by atoms with Crippen molar-refractivity contribution in [2.24, 2.45) is 0 Å². The van der Waals surface area contributed by atoms with E-state index < -0.39 is 0 Å². The number of nitrogens with one attached hydrogen (secondary N) is 1. The van der Waals surface area contributed by atoms with Gasteiger partial charge in [-0.05, 0) is 18.2 Å². The molecule has 1 N–H and O–H groups in total. The van der Waals surface area contributed by atoms with Crippen LogP contribution in [0.15, 0.2) is 77.4 Å². The van der Waals surface area contributed by atoms with Crippen LogP contribution in [0.25, 0.3) is 27.1 Å². The normalized spacial score (nSPS) is 11.2. The molecule has 1 amide bonds. The molecule has 0 radical (unpaired) electrons. The van der Waals surface area contributed by atoms with Gasteiger partial charge in [-0.1, -0.05) is 30.3 Å². The van der Waals surface area contributed by atoms with E-state index in [4.69, 9.17) is 0 Å². The van der Waals surface area contributed by atoms with Gasteiger partial charge in [0.2, 0.25) is 5.91 Å². The molecule has 0 bridgehead atoms. The number of carbonyl (C=O) groups is 1. The zero-order valence-corrected chi connectivity index (χ0v) is 16.7. The number of nitrogens with zero attached hydrogens (tertiary/aromatic N) is 4. The molecule has 0 unspecified atom stereocenters. The fourth-order valence-corrected chi connectivity index (χ4v) is 4.07. The summed E-state index contributed by atoms with van der Waals surface area (Å²) < 4.78 is 3.43. The predicted octanol–water partition coefficient (Wildman–Crippen LogP) is 3.80. The maximum atomic E-state index is 12.6. The zero-order valence-electron chi connectivity index (χ0n) is 15.9. The van der Waals surface area contributed by atoms with E-state index >= 15 is 0 Å². The van der Waals surface area contributed by atoms with Crippen molar-refractivity contribution in [2.45, 2.75) is 13.0 Å². The standard InChI is InChI=1S/C22H17N5O2S/c28-20(9-10-27-14-23-17-7-3-2-6-16(17)21(27)29)24-18-8-4-1-5-15(18)19-13-26-11-12-30-22(26)25-19/h1-8,11-14H,9-10H2,(H,24,28). The Morgan fingerprint density at radius 1 is 1.10 bits per heavy atom. The summed E-state index contributed by atoms with van der Waals surface area (Å²) in [4.78, 5) is 35.0. The van der Waals surface area contributed by atoms with E-state index in [1.165, 1.54) is 10.9 Å². The molecule has 0 saturated carbocycles. The first kappa shape index (κ1) is 18.3. The van der Waals surface area contributed by atoms with Gasteiger partial charge in [0.15, 0.2) is 4.96 Å². The number of benzene rings is 2. The van der Waals surface area contributed by atoms with Crippen LogP contribution >= 0.6 is 11.3 Å². The van der Waals surface area contributed by atoms with Gasteiger partial charge in [0, 0.05) is 36.3 Å². The average Bonchev–Trinajstić information content (AvgIpc) is 3.36. The van der Waals surface area contributed by atoms with Crippen LogP contribution in [0.4, 0.5) is 5.69 Å². The van der Waals surface area contributed by atoms with Crippen molar-refractivity contribution in [1.29, 1.82) is 0 Å². The highest BCUT2D eigenvalue weighted by molar-refractivity contribution is 7.15. The molecule has 7 nitrogen and oxygen atoms in total. The van der Waals surface area contributed by atoms with Crippen LogP contribution in [0.1, 0.15) is 6.42 Å². The summed E-state index contributed by atoms with van der Waals surface area (Å²) in [5.41, 5.74) is 2.85. The van der Waals surface area contributed by atoms with Gasteiger partial charge in [-0.3, -0.25) is 18.6 Å². The summed E-state index contributed by atoms with van der Waals surface area (Å²) in [6.07, 6.45) is 5.54. The summed E-state index contributed by atoms with van der Waals surface area (Å²) in [5, 5.41) is 5.47. The molecule has 5 rings (SSSR count). The van der Waals surface area contributed by atoms with E-state index in [1.807, 2.05) is 52.5 Å². The number of carbonyl (C=O) groups excluding carboxylic acids is 1. The third kappa shape index (κ3) is 3.37. The number of aryl methyl sites for hydroxylation is 1. The fourth-order valence-electron chi connectivity index (χ4n) is 3.37. The van der Waals surface area contributed by atoms with Crippen molar-refractivity contribution in [3.8, 4) is 11.3 Å². The van der Waals surface area contributed by atoms with E-state index in [-0.39, 0.29) is 24.4 Å². The molecule has 0 saturated heterocycles. The van der Waals surface area contributed by atoms with Crippen LogP contribution in [0.2, 0.25) is 0 Å². The topological polar surface area (TPSA) is 81.3 Å². The minimum Gasteiger partial charge on any atom is -0.325 e. The molecule has 0 aliphatic heterocycles. The molecule has 5 aromatic rings. The Balaban J connectivity index is 1.34. The van der Waals surface area contributed by atoms with Crippen molar-refractivity contribution in [3.63, 3.8) is 0 Å². The van der Waals surface area contributed by atoms with E-state index in [1.54, 1.807) is 29.5 Å².